The third kappa shape index (κ3) is 5.64. The Kier molecular flexibility index (Phi) is 7.68. The molecule has 0 atom stereocenters. The molecule has 21 heavy (non-hydrogen) atoms. The van der Waals surface area contributed by atoms with Gasteiger partial charge in [0.05, 0.1) is 5.75 Å². The van der Waals surface area contributed by atoms with Gasteiger partial charge in [0.15, 0.2) is 0 Å². The fourth-order valence-electron chi connectivity index (χ4n) is 2.26. The van der Waals surface area contributed by atoms with Gasteiger partial charge in [0.25, 0.3) is 5.24 Å². The number of benzene rings is 1. The molecule has 0 amide bonds. The van der Waals surface area contributed by atoms with Gasteiger partial charge in [-0.3, -0.25) is 4.79 Å². The van der Waals surface area contributed by atoms with Gasteiger partial charge >= 0.3 is 0 Å². The number of hydrogen-bond donors (Lipinski definition) is 1. The Balaban J connectivity index is 3.18. The molecule has 1 rings (SSSR count). The molecule has 0 radical (unpaired) electrons. The van der Waals surface area contributed by atoms with Crippen molar-refractivity contribution in [3.8, 4) is 0 Å². The second kappa shape index (κ2) is 9.00. The average molecular weight is 329 g/mol. The zero-order chi connectivity index (χ0) is 15.8. The highest BCUT2D eigenvalue weighted by molar-refractivity contribution is 7.71. The van der Waals surface area contributed by atoms with E-state index < -0.39 is 15.9 Å². The number of aryl methyl sites for hydroxylation is 2. The molecule has 1 aromatic rings. The monoisotopic (exact) mass is 328 g/mol. The molecule has 0 saturated heterocycles. The second-order valence-corrected chi connectivity index (χ2v) is 6.14. The largest absolute Gasteiger partial charge is 0.276 e. The lowest BCUT2D eigenvalue weighted by Gasteiger charge is -2.12. The minimum Gasteiger partial charge on any atom is -0.276 e. The summed E-state index contributed by atoms with van der Waals surface area (Å²) >= 11 is 5.59. The second-order valence-electron chi connectivity index (χ2n) is 4.81. The normalized spacial score (nSPS) is 11.4. The van der Waals surface area contributed by atoms with E-state index in [0.717, 1.165) is 30.4 Å². The van der Waals surface area contributed by atoms with Crippen LogP contribution in [0.1, 0.15) is 53.7 Å². The van der Waals surface area contributed by atoms with Gasteiger partial charge in [-0.25, -0.2) is 8.42 Å². The smallest absolute Gasteiger partial charge is 0.252 e. The standard InChI is InChI=1S/C16H21ClO3S/c1-3-5-6-7-8-13-9-12(4-2)15(16(17)18)10-14(13)11-21(19)20/h5-6,9-10,21H,3-4,7-8,11H2,1-2H3. The lowest BCUT2D eigenvalue weighted by atomic mass is 9.95. The van der Waals surface area contributed by atoms with Crippen molar-refractivity contribution >= 4 is 27.5 Å². The van der Waals surface area contributed by atoms with Crippen molar-refractivity contribution in [3.63, 3.8) is 0 Å². The maximum atomic E-state index is 11.5. The summed E-state index contributed by atoms with van der Waals surface area (Å²) in [6, 6.07) is 3.56. The third-order valence-electron chi connectivity index (χ3n) is 3.30. The topological polar surface area (TPSA) is 51.2 Å². The molecule has 0 unspecified atom stereocenters. The van der Waals surface area contributed by atoms with E-state index in [1.54, 1.807) is 6.07 Å². The van der Waals surface area contributed by atoms with E-state index in [-0.39, 0.29) is 5.75 Å². The fourth-order valence-corrected chi connectivity index (χ4v) is 3.01. The fraction of sp³-hybridized carbons (Fsp3) is 0.438. The van der Waals surface area contributed by atoms with Crippen molar-refractivity contribution in [1.82, 2.24) is 0 Å². The Morgan fingerprint density at radius 1 is 1.14 bits per heavy atom. The third-order valence-corrected chi connectivity index (χ3v) is 4.10. The average Bonchev–Trinajstić information content (AvgIpc) is 2.43. The van der Waals surface area contributed by atoms with Crippen LogP contribution in [0.3, 0.4) is 0 Å². The van der Waals surface area contributed by atoms with Crippen LogP contribution in [0.2, 0.25) is 0 Å². The molecule has 3 nitrogen and oxygen atoms in total. The van der Waals surface area contributed by atoms with Crippen molar-refractivity contribution in [1.29, 1.82) is 0 Å². The molecule has 5 heteroatoms. The van der Waals surface area contributed by atoms with E-state index in [9.17, 15) is 13.2 Å². The van der Waals surface area contributed by atoms with E-state index in [1.807, 2.05) is 13.0 Å². The van der Waals surface area contributed by atoms with Crippen LogP contribution in [0.5, 0.6) is 0 Å². The van der Waals surface area contributed by atoms with Crippen LogP contribution in [0.15, 0.2) is 24.3 Å². The molecule has 0 bridgehead atoms. The van der Waals surface area contributed by atoms with E-state index in [0.29, 0.717) is 17.5 Å². The van der Waals surface area contributed by atoms with E-state index in [1.165, 1.54) is 0 Å². The number of halogens is 1. The molecule has 116 valence electrons. The van der Waals surface area contributed by atoms with Crippen molar-refractivity contribution < 1.29 is 13.2 Å². The van der Waals surface area contributed by atoms with Crippen LogP contribution in [-0.2, 0) is 29.3 Å². The van der Waals surface area contributed by atoms with E-state index >= 15 is 0 Å². The number of thiol groups is 1. The maximum Gasteiger partial charge on any atom is 0.252 e. The van der Waals surface area contributed by atoms with Crippen molar-refractivity contribution in [3.05, 3.63) is 46.5 Å². The highest BCUT2D eigenvalue weighted by atomic mass is 35.5. The minimum absolute atomic E-state index is 0.0523. The highest BCUT2D eigenvalue weighted by Gasteiger charge is 2.13. The molecule has 1 aromatic carbocycles. The van der Waals surface area contributed by atoms with Gasteiger partial charge in [-0.05, 0) is 60.0 Å². The first kappa shape index (κ1) is 17.9. The van der Waals surface area contributed by atoms with Gasteiger partial charge in [0.2, 0.25) is 0 Å². The maximum absolute atomic E-state index is 11.5. The summed E-state index contributed by atoms with van der Waals surface area (Å²) in [5.41, 5.74) is 2.94. The van der Waals surface area contributed by atoms with Crippen LogP contribution >= 0.6 is 11.6 Å². The first-order valence-electron chi connectivity index (χ1n) is 7.10. The zero-order valence-corrected chi connectivity index (χ0v) is 14.0. The SMILES string of the molecule is CCC=CCCc1cc(CC)c(C(=O)Cl)cc1C[SH](=O)=O. The van der Waals surface area contributed by atoms with Gasteiger partial charge < -0.3 is 0 Å². The van der Waals surface area contributed by atoms with Crippen LogP contribution < -0.4 is 0 Å². The summed E-state index contributed by atoms with van der Waals surface area (Å²) in [7, 11) is -2.53. The Morgan fingerprint density at radius 2 is 1.86 bits per heavy atom. The molecule has 0 saturated carbocycles. The lowest BCUT2D eigenvalue weighted by Crippen LogP contribution is -2.04. The van der Waals surface area contributed by atoms with Crippen LogP contribution in [0.4, 0.5) is 0 Å². The van der Waals surface area contributed by atoms with Gasteiger partial charge in [-0.15, -0.1) is 0 Å². The number of rotatable bonds is 8. The van der Waals surface area contributed by atoms with Crippen molar-refractivity contribution in [2.45, 2.75) is 45.3 Å². The molecule has 0 heterocycles. The number of carbonyl (C=O) groups is 1. The minimum atomic E-state index is -2.53. The number of hydrogen-bond acceptors (Lipinski definition) is 3. The lowest BCUT2D eigenvalue weighted by molar-refractivity contribution is 0.108. The molecule has 0 aromatic heterocycles. The summed E-state index contributed by atoms with van der Waals surface area (Å²) in [6.45, 7) is 4.02. The quantitative estimate of drug-likeness (QED) is 0.450. The Bertz CT molecular complexity index is 596. The summed E-state index contributed by atoms with van der Waals surface area (Å²) in [6.07, 6.45) is 7.47. The molecule has 0 fully saturated rings. The van der Waals surface area contributed by atoms with Crippen molar-refractivity contribution in [2.75, 3.05) is 0 Å². The molecule has 0 aliphatic carbocycles. The number of allylic oxidation sites excluding steroid dienone is 2. The van der Waals surface area contributed by atoms with Crippen LogP contribution in [0.25, 0.3) is 0 Å². The molecule has 0 spiro atoms. The summed E-state index contributed by atoms with van der Waals surface area (Å²) in [5.74, 6) is -0.0523. The predicted octanol–water partition coefficient (Wildman–Crippen LogP) is 3.64. The van der Waals surface area contributed by atoms with Gasteiger partial charge in [-0.1, -0.05) is 32.1 Å². The molecule has 0 aliphatic rings. The van der Waals surface area contributed by atoms with Crippen LogP contribution in [0, 0.1) is 0 Å². The van der Waals surface area contributed by atoms with E-state index in [4.69, 9.17) is 11.6 Å². The predicted molar refractivity (Wildman–Crippen MR) is 87.8 cm³/mol. The van der Waals surface area contributed by atoms with Crippen molar-refractivity contribution in [2.24, 2.45) is 0 Å². The molecular weight excluding hydrogens is 308 g/mol. The van der Waals surface area contributed by atoms with Gasteiger partial charge in [-0.2, -0.15) is 0 Å². The highest BCUT2D eigenvalue weighted by Crippen LogP contribution is 2.22. The summed E-state index contributed by atoms with van der Waals surface area (Å²) < 4.78 is 22.1. The first-order chi connectivity index (χ1) is 9.99. The Hall–Kier alpha value is -1.13. The zero-order valence-electron chi connectivity index (χ0n) is 12.4. The first-order valence-corrected chi connectivity index (χ1v) is 8.84. The van der Waals surface area contributed by atoms with Gasteiger partial charge in [0, 0.05) is 5.56 Å². The van der Waals surface area contributed by atoms with E-state index in [2.05, 4.69) is 19.1 Å². The Morgan fingerprint density at radius 3 is 2.38 bits per heavy atom. The summed E-state index contributed by atoms with van der Waals surface area (Å²) in [5, 5.41) is -0.536. The molecule has 0 aliphatic heterocycles. The molecule has 0 N–H and O–H groups in total. The van der Waals surface area contributed by atoms with Gasteiger partial charge in [0.1, 0.15) is 10.7 Å². The summed E-state index contributed by atoms with van der Waals surface area (Å²) in [4.78, 5) is 11.5. The Labute approximate surface area is 133 Å². The number of carbonyl (C=O) groups excluding carboxylic acids is 1. The van der Waals surface area contributed by atoms with Crippen LogP contribution in [-0.4, -0.2) is 13.7 Å². The molecular formula is C16H21ClO3S.